The highest BCUT2D eigenvalue weighted by Crippen LogP contribution is 2.17. The zero-order valence-corrected chi connectivity index (χ0v) is 10.9. The van der Waals surface area contributed by atoms with Crippen LogP contribution < -0.4 is 11.3 Å². The van der Waals surface area contributed by atoms with Gasteiger partial charge in [-0.3, -0.25) is 15.1 Å². The standard InChI is InChI=1S/C13H20N4O2/c14-16-13(19)12-3-1-2-11(15-12)8-17-6-4-10(9-18)5-7-17/h1-3,10,18H,4-9,14H2,(H,16,19). The van der Waals surface area contributed by atoms with Crippen molar-refractivity contribution in [1.29, 1.82) is 0 Å². The first-order valence-corrected chi connectivity index (χ1v) is 6.53. The largest absolute Gasteiger partial charge is 0.396 e. The first-order chi connectivity index (χ1) is 9.22. The topological polar surface area (TPSA) is 91.5 Å². The summed E-state index contributed by atoms with van der Waals surface area (Å²) in [6.07, 6.45) is 2.03. The van der Waals surface area contributed by atoms with Gasteiger partial charge in [0.05, 0.1) is 5.69 Å². The lowest BCUT2D eigenvalue weighted by atomic mass is 9.98. The van der Waals surface area contributed by atoms with Crippen molar-refractivity contribution in [2.75, 3.05) is 19.7 Å². The van der Waals surface area contributed by atoms with E-state index in [9.17, 15) is 4.79 Å². The van der Waals surface area contributed by atoms with Crippen LogP contribution in [0.2, 0.25) is 0 Å². The molecular formula is C13H20N4O2. The van der Waals surface area contributed by atoms with Crippen molar-refractivity contribution in [3.63, 3.8) is 0 Å². The minimum absolute atomic E-state index is 0.276. The molecule has 1 aliphatic rings. The van der Waals surface area contributed by atoms with E-state index in [0.29, 0.717) is 11.6 Å². The molecule has 6 heteroatoms. The third-order valence-electron chi connectivity index (χ3n) is 3.52. The Hall–Kier alpha value is -1.50. The fourth-order valence-corrected chi connectivity index (χ4v) is 2.32. The number of nitrogens with zero attached hydrogens (tertiary/aromatic N) is 2. The molecule has 1 aromatic rings. The molecule has 104 valence electrons. The molecule has 4 N–H and O–H groups in total. The van der Waals surface area contributed by atoms with Crippen LogP contribution in [0.5, 0.6) is 0 Å². The summed E-state index contributed by atoms with van der Waals surface area (Å²) < 4.78 is 0. The molecule has 1 amide bonds. The van der Waals surface area contributed by atoms with Crippen molar-refractivity contribution in [3.05, 3.63) is 29.6 Å². The van der Waals surface area contributed by atoms with Gasteiger partial charge in [0, 0.05) is 13.2 Å². The van der Waals surface area contributed by atoms with Gasteiger partial charge in [0.1, 0.15) is 5.69 Å². The smallest absolute Gasteiger partial charge is 0.283 e. The summed E-state index contributed by atoms with van der Waals surface area (Å²) in [6.45, 7) is 2.92. The van der Waals surface area contributed by atoms with E-state index in [-0.39, 0.29) is 12.5 Å². The first-order valence-electron chi connectivity index (χ1n) is 6.53. The molecule has 2 heterocycles. The van der Waals surface area contributed by atoms with Crippen LogP contribution in [0.3, 0.4) is 0 Å². The van der Waals surface area contributed by atoms with Crippen LogP contribution >= 0.6 is 0 Å². The normalized spacial score (nSPS) is 17.4. The Bertz CT molecular complexity index is 430. The molecule has 1 fully saturated rings. The summed E-state index contributed by atoms with van der Waals surface area (Å²) in [4.78, 5) is 18.0. The monoisotopic (exact) mass is 264 g/mol. The molecule has 6 nitrogen and oxygen atoms in total. The highest BCUT2D eigenvalue weighted by atomic mass is 16.3. The maximum Gasteiger partial charge on any atom is 0.283 e. The number of aliphatic hydroxyl groups is 1. The predicted octanol–water partition coefficient (Wildman–Crippen LogP) is -0.111. The second kappa shape index (κ2) is 6.60. The molecule has 1 saturated heterocycles. The zero-order valence-electron chi connectivity index (χ0n) is 10.9. The zero-order chi connectivity index (χ0) is 13.7. The number of nitrogens with one attached hydrogen (secondary N) is 1. The quantitative estimate of drug-likeness (QED) is 0.401. The average molecular weight is 264 g/mol. The molecule has 1 aromatic heterocycles. The van der Waals surface area contributed by atoms with E-state index in [2.05, 4.69) is 15.3 Å². The fourth-order valence-electron chi connectivity index (χ4n) is 2.32. The van der Waals surface area contributed by atoms with E-state index in [1.165, 1.54) is 0 Å². The van der Waals surface area contributed by atoms with Gasteiger partial charge in [0.25, 0.3) is 5.91 Å². The van der Waals surface area contributed by atoms with Gasteiger partial charge in [-0.15, -0.1) is 0 Å². The Kier molecular flexibility index (Phi) is 4.84. The van der Waals surface area contributed by atoms with Crippen LogP contribution in [0.4, 0.5) is 0 Å². The summed E-state index contributed by atoms with van der Waals surface area (Å²) in [6, 6.07) is 5.36. The molecule has 0 atom stereocenters. The summed E-state index contributed by atoms with van der Waals surface area (Å²) in [7, 11) is 0. The number of nitrogens with two attached hydrogens (primary N) is 1. The highest BCUT2D eigenvalue weighted by Gasteiger charge is 2.19. The number of aliphatic hydroxyl groups excluding tert-OH is 1. The Morgan fingerprint density at radius 1 is 1.47 bits per heavy atom. The van der Waals surface area contributed by atoms with Crippen LogP contribution in [-0.2, 0) is 6.54 Å². The number of amides is 1. The molecule has 0 spiro atoms. The molecule has 2 rings (SSSR count). The van der Waals surface area contributed by atoms with E-state index >= 15 is 0 Å². The Morgan fingerprint density at radius 3 is 2.84 bits per heavy atom. The van der Waals surface area contributed by atoms with Crippen molar-refractivity contribution in [2.24, 2.45) is 11.8 Å². The second-order valence-electron chi connectivity index (χ2n) is 4.89. The van der Waals surface area contributed by atoms with Gasteiger partial charge in [-0.05, 0) is 44.0 Å². The van der Waals surface area contributed by atoms with Crippen molar-refractivity contribution in [3.8, 4) is 0 Å². The Morgan fingerprint density at radius 2 is 2.21 bits per heavy atom. The number of carbonyl (C=O) groups excluding carboxylic acids is 1. The minimum Gasteiger partial charge on any atom is -0.396 e. The molecular weight excluding hydrogens is 244 g/mol. The number of hydrazine groups is 1. The van der Waals surface area contributed by atoms with Crippen LogP contribution in [0.1, 0.15) is 29.0 Å². The number of piperidine rings is 1. The van der Waals surface area contributed by atoms with E-state index in [4.69, 9.17) is 10.9 Å². The Labute approximate surface area is 112 Å². The predicted molar refractivity (Wildman–Crippen MR) is 71.0 cm³/mol. The van der Waals surface area contributed by atoms with Crippen molar-refractivity contribution >= 4 is 5.91 Å². The van der Waals surface area contributed by atoms with Crippen LogP contribution in [-0.4, -0.2) is 40.6 Å². The molecule has 0 aliphatic carbocycles. The number of aromatic nitrogens is 1. The molecule has 19 heavy (non-hydrogen) atoms. The molecule has 0 saturated carbocycles. The fraction of sp³-hybridized carbons (Fsp3) is 0.538. The number of rotatable bonds is 4. The van der Waals surface area contributed by atoms with Gasteiger partial charge in [-0.2, -0.15) is 0 Å². The maximum absolute atomic E-state index is 11.4. The average Bonchev–Trinajstić information content (AvgIpc) is 2.47. The number of pyridine rings is 1. The van der Waals surface area contributed by atoms with E-state index in [1.54, 1.807) is 6.07 Å². The van der Waals surface area contributed by atoms with Gasteiger partial charge >= 0.3 is 0 Å². The maximum atomic E-state index is 11.4. The van der Waals surface area contributed by atoms with E-state index in [0.717, 1.165) is 38.2 Å². The van der Waals surface area contributed by atoms with Crippen LogP contribution in [0.25, 0.3) is 0 Å². The van der Waals surface area contributed by atoms with Crippen LogP contribution in [0, 0.1) is 5.92 Å². The molecule has 0 radical (unpaired) electrons. The number of nitrogen functional groups attached to an aromatic ring is 1. The SMILES string of the molecule is NNC(=O)c1cccc(CN2CCC(CO)CC2)n1. The van der Waals surface area contributed by atoms with Gasteiger partial charge in [0.2, 0.25) is 0 Å². The lowest BCUT2D eigenvalue weighted by molar-refractivity contribution is 0.0947. The van der Waals surface area contributed by atoms with E-state index in [1.807, 2.05) is 12.1 Å². The van der Waals surface area contributed by atoms with Gasteiger partial charge in [0.15, 0.2) is 0 Å². The minimum atomic E-state index is -0.374. The highest BCUT2D eigenvalue weighted by molar-refractivity contribution is 5.91. The van der Waals surface area contributed by atoms with Crippen molar-refractivity contribution in [1.82, 2.24) is 15.3 Å². The van der Waals surface area contributed by atoms with Crippen LogP contribution in [0.15, 0.2) is 18.2 Å². The van der Waals surface area contributed by atoms with E-state index < -0.39 is 0 Å². The Balaban J connectivity index is 1.94. The lowest BCUT2D eigenvalue weighted by Gasteiger charge is -2.30. The first kappa shape index (κ1) is 13.9. The lowest BCUT2D eigenvalue weighted by Crippen LogP contribution is -2.35. The second-order valence-corrected chi connectivity index (χ2v) is 4.89. The third kappa shape index (κ3) is 3.73. The molecule has 0 bridgehead atoms. The summed E-state index contributed by atoms with van der Waals surface area (Å²) in [5.41, 5.74) is 3.29. The summed E-state index contributed by atoms with van der Waals surface area (Å²) in [5.74, 6) is 5.15. The number of hydrogen-bond donors (Lipinski definition) is 3. The summed E-state index contributed by atoms with van der Waals surface area (Å²) in [5, 5.41) is 9.10. The van der Waals surface area contributed by atoms with Gasteiger partial charge in [-0.1, -0.05) is 6.07 Å². The van der Waals surface area contributed by atoms with Crippen molar-refractivity contribution < 1.29 is 9.90 Å². The summed E-state index contributed by atoms with van der Waals surface area (Å²) >= 11 is 0. The van der Waals surface area contributed by atoms with Crippen molar-refractivity contribution in [2.45, 2.75) is 19.4 Å². The number of carbonyl (C=O) groups is 1. The number of hydrogen-bond acceptors (Lipinski definition) is 5. The molecule has 0 aromatic carbocycles. The van der Waals surface area contributed by atoms with Gasteiger partial charge in [-0.25, -0.2) is 10.8 Å². The molecule has 1 aliphatic heterocycles. The third-order valence-corrected chi connectivity index (χ3v) is 3.52. The molecule has 0 unspecified atom stereocenters. The van der Waals surface area contributed by atoms with Gasteiger partial charge < -0.3 is 5.11 Å². The number of likely N-dealkylation sites (tertiary alicyclic amines) is 1.